The van der Waals surface area contributed by atoms with Gasteiger partial charge in [-0.05, 0) is 36.8 Å². The molecule has 16 heavy (non-hydrogen) atoms. The summed E-state index contributed by atoms with van der Waals surface area (Å²) >= 11 is 0. The van der Waals surface area contributed by atoms with Crippen LogP contribution in [0.3, 0.4) is 0 Å². The molecule has 1 aromatic carbocycles. The highest BCUT2D eigenvalue weighted by Crippen LogP contribution is 2.31. The van der Waals surface area contributed by atoms with E-state index in [0.29, 0.717) is 5.75 Å². The Labute approximate surface area is 96.9 Å². The summed E-state index contributed by atoms with van der Waals surface area (Å²) in [5, 5.41) is 9.85. The average molecular weight is 217 g/mol. The molecule has 1 aliphatic heterocycles. The van der Waals surface area contributed by atoms with E-state index in [4.69, 9.17) is 0 Å². The number of aromatic hydroxyl groups is 1. The van der Waals surface area contributed by atoms with E-state index in [-0.39, 0.29) is 0 Å². The second kappa shape index (κ2) is 4.10. The first-order valence-electron chi connectivity index (χ1n) is 6.35. The molecule has 1 aromatic rings. The molecule has 0 radical (unpaired) electrons. The summed E-state index contributed by atoms with van der Waals surface area (Å²) in [6, 6.07) is 5.91. The number of phenolic OH excluding ortho intramolecular Hbond substituents is 1. The summed E-state index contributed by atoms with van der Waals surface area (Å²) in [6.45, 7) is 3.33. The molecule has 1 fully saturated rings. The van der Waals surface area contributed by atoms with Crippen LogP contribution in [0.25, 0.3) is 0 Å². The van der Waals surface area contributed by atoms with Crippen LogP contribution in [0.2, 0.25) is 0 Å². The molecule has 0 atom stereocenters. The molecular formula is C14H19NO. The van der Waals surface area contributed by atoms with Gasteiger partial charge in [-0.2, -0.15) is 0 Å². The fourth-order valence-corrected chi connectivity index (χ4v) is 2.82. The highest BCUT2D eigenvalue weighted by Gasteiger charge is 2.24. The molecule has 2 aliphatic rings. The Balaban J connectivity index is 1.72. The predicted molar refractivity (Wildman–Crippen MR) is 64.4 cm³/mol. The Morgan fingerprint density at radius 3 is 2.94 bits per heavy atom. The van der Waals surface area contributed by atoms with Crippen molar-refractivity contribution in [2.24, 2.45) is 5.92 Å². The number of fused-ring (bicyclic) bond motifs is 1. The van der Waals surface area contributed by atoms with Gasteiger partial charge in [0.1, 0.15) is 5.75 Å². The van der Waals surface area contributed by atoms with Gasteiger partial charge in [-0.25, -0.2) is 0 Å². The van der Waals surface area contributed by atoms with Crippen LogP contribution in [-0.2, 0) is 13.0 Å². The molecule has 3 rings (SSSR count). The molecular weight excluding hydrogens is 198 g/mol. The predicted octanol–water partition coefficient (Wildman–Crippen LogP) is 2.55. The summed E-state index contributed by atoms with van der Waals surface area (Å²) in [5.41, 5.74) is 2.50. The molecule has 2 nitrogen and oxygen atoms in total. The van der Waals surface area contributed by atoms with Gasteiger partial charge in [0.2, 0.25) is 0 Å². The summed E-state index contributed by atoms with van der Waals surface area (Å²) < 4.78 is 0. The Hall–Kier alpha value is -1.02. The lowest BCUT2D eigenvalue weighted by molar-refractivity contribution is 0.164. The highest BCUT2D eigenvalue weighted by molar-refractivity contribution is 5.40. The second-order valence-corrected chi connectivity index (χ2v) is 5.20. The Kier molecular flexibility index (Phi) is 2.60. The van der Waals surface area contributed by atoms with Crippen LogP contribution in [0, 0.1) is 5.92 Å². The topological polar surface area (TPSA) is 23.5 Å². The van der Waals surface area contributed by atoms with Gasteiger partial charge >= 0.3 is 0 Å². The number of phenols is 1. The molecule has 0 amide bonds. The van der Waals surface area contributed by atoms with Crippen molar-refractivity contribution in [3.63, 3.8) is 0 Å². The van der Waals surface area contributed by atoms with Crippen LogP contribution in [0.4, 0.5) is 0 Å². The van der Waals surface area contributed by atoms with Gasteiger partial charge in [-0.1, -0.05) is 18.6 Å². The number of nitrogens with zero attached hydrogens (tertiary/aromatic N) is 1. The van der Waals surface area contributed by atoms with Crippen LogP contribution in [-0.4, -0.2) is 23.1 Å². The van der Waals surface area contributed by atoms with E-state index in [9.17, 15) is 5.11 Å². The van der Waals surface area contributed by atoms with Crippen molar-refractivity contribution in [1.82, 2.24) is 4.90 Å². The van der Waals surface area contributed by atoms with Crippen molar-refractivity contribution in [3.8, 4) is 5.75 Å². The lowest BCUT2D eigenvalue weighted by Gasteiger charge is -2.35. The molecule has 1 N–H and O–H groups in total. The quantitative estimate of drug-likeness (QED) is 0.823. The number of hydrogen-bond donors (Lipinski definition) is 1. The highest BCUT2D eigenvalue weighted by atomic mass is 16.3. The zero-order chi connectivity index (χ0) is 11.0. The first-order chi connectivity index (χ1) is 7.83. The fraction of sp³-hybridized carbons (Fsp3) is 0.571. The van der Waals surface area contributed by atoms with Crippen molar-refractivity contribution >= 4 is 0 Å². The molecule has 0 spiro atoms. The summed E-state index contributed by atoms with van der Waals surface area (Å²) in [7, 11) is 0. The van der Waals surface area contributed by atoms with Crippen molar-refractivity contribution in [3.05, 3.63) is 29.3 Å². The number of rotatable bonds is 2. The summed E-state index contributed by atoms with van der Waals surface area (Å²) in [4.78, 5) is 2.51. The minimum Gasteiger partial charge on any atom is -0.508 e. The van der Waals surface area contributed by atoms with E-state index in [1.54, 1.807) is 0 Å². The zero-order valence-corrected chi connectivity index (χ0v) is 9.65. The molecule has 2 heteroatoms. The van der Waals surface area contributed by atoms with E-state index in [0.717, 1.165) is 31.0 Å². The first-order valence-corrected chi connectivity index (χ1v) is 6.35. The van der Waals surface area contributed by atoms with E-state index in [1.807, 2.05) is 12.1 Å². The lowest BCUT2D eigenvalue weighted by Crippen LogP contribution is -2.36. The first kappa shape index (κ1) is 10.2. The molecule has 1 heterocycles. The standard InChI is InChI=1S/C14H19NO/c16-14-6-2-5-12-7-8-15(10-13(12)14)9-11-3-1-4-11/h2,5-6,11,16H,1,3-4,7-10H2. The number of hydrogen-bond acceptors (Lipinski definition) is 2. The van der Waals surface area contributed by atoms with Crippen molar-refractivity contribution in [1.29, 1.82) is 0 Å². The lowest BCUT2D eigenvalue weighted by atomic mass is 9.84. The average Bonchev–Trinajstić information content (AvgIpc) is 2.24. The third-order valence-electron chi connectivity index (χ3n) is 4.07. The van der Waals surface area contributed by atoms with Crippen LogP contribution < -0.4 is 0 Å². The number of benzene rings is 1. The Morgan fingerprint density at radius 1 is 1.31 bits per heavy atom. The molecule has 0 bridgehead atoms. The van der Waals surface area contributed by atoms with Crippen LogP contribution in [0.15, 0.2) is 18.2 Å². The van der Waals surface area contributed by atoms with Gasteiger partial charge in [0.25, 0.3) is 0 Å². The van der Waals surface area contributed by atoms with Gasteiger partial charge in [-0.3, -0.25) is 4.90 Å². The third-order valence-corrected chi connectivity index (χ3v) is 4.07. The fourth-order valence-electron chi connectivity index (χ4n) is 2.82. The van der Waals surface area contributed by atoms with Crippen LogP contribution in [0.5, 0.6) is 5.75 Å². The summed E-state index contributed by atoms with van der Waals surface area (Å²) in [6.07, 6.45) is 5.32. The largest absolute Gasteiger partial charge is 0.508 e. The van der Waals surface area contributed by atoms with E-state index in [1.165, 1.54) is 31.4 Å². The zero-order valence-electron chi connectivity index (χ0n) is 9.65. The summed E-state index contributed by atoms with van der Waals surface area (Å²) in [5.74, 6) is 1.41. The van der Waals surface area contributed by atoms with Gasteiger partial charge < -0.3 is 5.11 Å². The van der Waals surface area contributed by atoms with E-state index >= 15 is 0 Å². The van der Waals surface area contributed by atoms with Crippen LogP contribution >= 0.6 is 0 Å². The van der Waals surface area contributed by atoms with Gasteiger partial charge in [0, 0.05) is 25.2 Å². The molecule has 1 saturated carbocycles. The van der Waals surface area contributed by atoms with Crippen molar-refractivity contribution in [2.75, 3.05) is 13.1 Å². The van der Waals surface area contributed by atoms with Gasteiger partial charge in [-0.15, -0.1) is 0 Å². The van der Waals surface area contributed by atoms with Crippen molar-refractivity contribution < 1.29 is 5.11 Å². The monoisotopic (exact) mass is 217 g/mol. The minimum atomic E-state index is 0.482. The van der Waals surface area contributed by atoms with Crippen molar-refractivity contribution in [2.45, 2.75) is 32.2 Å². The minimum absolute atomic E-state index is 0.482. The second-order valence-electron chi connectivity index (χ2n) is 5.20. The van der Waals surface area contributed by atoms with Gasteiger partial charge in [0.05, 0.1) is 0 Å². The van der Waals surface area contributed by atoms with Gasteiger partial charge in [0.15, 0.2) is 0 Å². The molecule has 1 aliphatic carbocycles. The normalized spacial score (nSPS) is 21.5. The van der Waals surface area contributed by atoms with Crippen LogP contribution in [0.1, 0.15) is 30.4 Å². The smallest absolute Gasteiger partial charge is 0.120 e. The Bertz CT molecular complexity index is 384. The molecule has 0 saturated heterocycles. The maximum atomic E-state index is 9.85. The molecule has 86 valence electrons. The Morgan fingerprint density at radius 2 is 2.19 bits per heavy atom. The third kappa shape index (κ3) is 1.82. The maximum Gasteiger partial charge on any atom is 0.120 e. The van der Waals surface area contributed by atoms with E-state index < -0.39 is 0 Å². The molecule has 0 unspecified atom stereocenters. The molecule has 0 aromatic heterocycles. The maximum absolute atomic E-state index is 9.85. The SMILES string of the molecule is Oc1cccc2c1CN(CC1CCC1)CC2. The van der Waals surface area contributed by atoms with E-state index in [2.05, 4.69) is 11.0 Å².